The molecule has 1 atom stereocenters. The number of aromatic nitrogens is 1. The Balaban J connectivity index is 2.05. The van der Waals surface area contributed by atoms with Gasteiger partial charge in [-0.25, -0.2) is 9.37 Å². The summed E-state index contributed by atoms with van der Waals surface area (Å²) in [4.78, 5) is 6.19. The largest absolute Gasteiger partial charge is 0.381 e. The first kappa shape index (κ1) is 13.2. The lowest BCUT2D eigenvalue weighted by molar-refractivity contribution is 0.0576. The van der Waals surface area contributed by atoms with E-state index in [0.717, 1.165) is 37.6 Å². The number of anilines is 1. The lowest BCUT2D eigenvalue weighted by Gasteiger charge is -2.28. The third-order valence-corrected chi connectivity index (χ3v) is 3.28. The molecule has 4 nitrogen and oxygen atoms in total. The fourth-order valence-electron chi connectivity index (χ4n) is 2.39. The van der Waals surface area contributed by atoms with E-state index in [0.29, 0.717) is 12.5 Å². The minimum atomic E-state index is -0.339. The Bertz CT molecular complexity index is 394. The van der Waals surface area contributed by atoms with Gasteiger partial charge < -0.3 is 15.4 Å². The molecule has 2 N–H and O–H groups in total. The summed E-state index contributed by atoms with van der Waals surface area (Å²) in [6, 6.07) is 1.45. The molecule has 0 spiro atoms. The van der Waals surface area contributed by atoms with Crippen LogP contribution in [-0.4, -0.2) is 31.8 Å². The molecule has 1 fully saturated rings. The van der Waals surface area contributed by atoms with Gasteiger partial charge in [-0.15, -0.1) is 0 Å². The Morgan fingerprint density at radius 2 is 2.44 bits per heavy atom. The van der Waals surface area contributed by atoms with E-state index in [1.54, 1.807) is 0 Å². The van der Waals surface area contributed by atoms with Gasteiger partial charge in [0.25, 0.3) is 0 Å². The SMILES string of the molecule is CN(CC1CCCOC1)c1ncc(F)cc1CN. The monoisotopic (exact) mass is 253 g/mol. The predicted octanol–water partition coefficient (Wildman–Crippen LogP) is 1.54. The van der Waals surface area contributed by atoms with Crippen LogP contribution in [0.15, 0.2) is 12.3 Å². The zero-order chi connectivity index (χ0) is 13.0. The van der Waals surface area contributed by atoms with Crippen LogP contribution in [-0.2, 0) is 11.3 Å². The van der Waals surface area contributed by atoms with E-state index >= 15 is 0 Å². The van der Waals surface area contributed by atoms with Crippen LogP contribution < -0.4 is 10.6 Å². The van der Waals surface area contributed by atoms with Crippen LogP contribution in [0.25, 0.3) is 0 Å². The average molecular weight is 253 g/mol. The second kappa shape index (κ2) is 6.11. The Morgan fingerprint density at radius 3 is 3.11 bits per heavy atom. The molecule has 1 aliphatic heterocycles. The molecule has 1 aromatic heterocycles. The van der Waals surface area contributed by atoms with Gasteiger partial charge in [-0.3, -0.25) is 0 Å². The number of nitrogens with zero attached hydrogens (tertiary/aromatic N) is 2. The lowest BCUT2D eigenvalue weighted by atomic mass is 10.0. The zero-order valence-electron chi connectivity index (χ0n) is 10.7. The second-order valence-electron chi connectivity index (χ2n) is 4.80. The van der Waals surface area contributed by atoms with E-state index in [1.807, 2.05) is 11.9 Å². The third-order valence-electron chi connectivity index (χ3n) is 3.28. The first-order valence-electron chi connectivity index (χ1n) is 6.34. The number of halogens is 1. The zero-order valence-corrected chi connectivity index (χ0v) is 10.7. The summed E-state index contributed by atoms with van der Waals surface area (Å²) in [5.41, 5.74) is 6.38. The molecular weight excluding hydrogens is 233 g/mol. The molecular formula is C13H20FN3O. The molecule has 2 heterocycles. The van der Waals surface area contributed by atoms with Gasteiger partial charge in [0.2, 0.25) is 0 Å². The van der Waals surface area contributed by atoms with E-state index in [4.69, 9.17) is 10.5 Å². The summed E-state index contributed by atoms with van der Waals surface area (Å²) >= 11 is 0. The van der Waals surface area contributed by atoms with Gasteiger partial charge in [0, 0.05) is 32.3 Å². The number of hydrogen-bond donors (Lipinski definition) is 1. The van der Waals surface area contributed by atoms with Crippen LogP contribution in [0.4, 0.5) is 10.2 Å². The lowest BCUT2D eigenvalue weighted by Crippen LogP contribution is -2.32. The van der Waals surface area contributed by atoms with Gasteiger partial charge >= 0.3 is 0 Å². The Morgan fingerprint density at radius 1 is 1.61 bits per heavy atom. The summed E-state index contributed by atoms with van der Waals surface area (Å²) < 4.78 is 18.6. The molecule has 0 radical (unpaired) electrons. The summed E-state index contributed by atoms with van der Waals surface area (Å²) in [5.74, 6) is 0.944. The van der Waals surface area contributed by atoms with E-state index < -0.39 is 0 Å². The predicted molar refractivity (Wildman–Crippen MR) is 68.9 cm³/mol. The van der Waals surface area contributed by atoms with E-state index in [1.165, 1.54) is 18.7 Å². The molecule has 0 aromatic carbocycles. The highest BCUT2D eigenvalue weighted by Crippen LogP contribution is 2.21. The highest BCUT2D eigenvalue weighted by atomic mass is 19.1. The fraction of sp³-hybridized carbons (Fsp3) is 0.615. The minimum Gasteiger partial charge on any atom is -0.381 e. The molecule has 100 valence electrons. The summed E-state index contributed by atoms with van der Waals surface area (Å²) in [5, 5.41) is 0. The second-order valence-corrected chi connectivity index (χ2v) is 4.80. The molecule has 0 aliphatic carbocycles. The molecule has 0 amide bonds. The Kier molecular flexibility index (Phi) is 4.49. The van der Waals surface area contributed by atoms with E-state index in [9.17, 15) is 4.39 Å². The third kappa shape index (κ3) is 3.17. The standard InChI is InChI=1S/C13H20FN3O/c1-17(8-10-3-2-4-18-9-10)13-11(6-15)5-12(14)7-16-13/h5,7,10H,2-4,6,8-9,15H2,1H3. The minimum absolute atomic E-state index is 0.297. The summed E-state index contributed by atoms with van der Waals surface area (Å²) in [6.45, 7) is 2.82. The van der Waals surface area contributed by atoms with Crippen molar-refractivity contribution in [3.8, 4) is 0 Å². The van der Waals surface area contributed by atoms with E-state index in [-0.39, 0.29) is 5.82 Å². The van der Waals surface area contributed by atoms with Crippen molar-refractivity contribution in [3.63, 3.8) is 0 Å². The molecule has 0 bridgehead atoms. The Hall–Kier alpha value is -1.20. The van der Waals surface area contributed by atoms with Crippen molar-refractivity contribution in [2.24, 2.45) is 11.7 Å². The number of nitrogens with two attached hydrogens (primary N) is 1. The topological polar surface area (TPSA) is 51.4 Å². The number of ether oxygens (including phenoxy) is 1. The van der Waals surface area contributed by atoms with Crippen molar-refractivity contribution in [2.75, 3.05) is 31.7 Å². The molecule has 1 saturated heterocycles. The fourth-order valence-corrected chi connectivity index (χ4v) is 2.39. The Labute approximate surface area is 107 Å². The molecule has 1 unspecified atom stereocenters. The van der Waals surface area contributed by atoms with Gasteiger partial charge in [0.15, 0.2) is 0 Å². The maximum absolute atomic E-state index is 13.1. The van der Waals surface area contributed by atoms with Gasteiger partial charge in [-0.05, 0) is 24.8 Å². The maximum atomic E-state index is 13.1. The van der Waals surface area contributed by atoms with Crippen LogP contribution in [0.2, 0.25) is 0 Å². The van der Waals surface area contributed by atoms with Crippen molar-refractivity contribution in [3.05, 3.63) is 23.6 Å². The summed E-state index contributed by atoms with van der Waals surface area (Å²) in [7, 11) is 1.97. The van der Waals surface area contributed by atoms with Gasteiger partial charge in [0.05, 0.1) is 12.8 Å². The van der Waals surface area contributed by atoms with Crippen molar-refractivity contribution >= 4 is 5.82 Å². The quantitative estimate of drug-likeness (QED) is 0.884. The van der Waals surface area contributed by atoms with Gasteiger partial charge in [-0.1, -0.05) is 0 Å². The van der Waals surface area contributed by atoms with Gasteiger partial charge in [-0.2, -0.15) is 0 Å². The molecule has 2 rings (SSSR count). The number of rotatable bonds is 4. The number of pyridine rings is 1. The smallest absolute Gasteiger partial charge is 0.141 e. The van der Waals surface area contributed by atoms with Crippen LogP contribution in [0.5, 0.6) is 0 Å². The van der Waals surface area contributed by atoms with E-state index in [2.05, 4.69) is 4.98 Å². The normalized spacial score (nSPS) is 19.8. The summed E-state index contributed by atoms with van der Waals surface area (Å²) in [6.07, 6.45) is 3.52. The molecule has 1 aliphatic rings. The molecule has 5 heteroatoms. The van der Waals surface area contributed by atoms with Crippen LogP contribution >= 0.6 is 0 Å². The number of hydrogen-bond acceptors (Lipinski definition) is 4. The van der Waals surface area contributed by atoms with Crippen LogP contribution in [0.1, 0.15) is 18.4 Å². The van der Waals surface area contributed by atoms with Crippen molar-refractivity contribution in [1.82, 2.24) is 4.98 Å². The average Bonchev–Trinajstić information content (AvgIpc) is 2.39. The molecule has 18 heavy (non-hydrogen) atoms. The highest BCUT2D eigenvalue weighted by Gasteiger charge is 2.18. The molecule has 1 aromatic rings. The van der Waals surface area contributed by atoms with Crippen molar-refractivity contribution in [2.45, 2.75) is 19.4 Å². The highest BCUT2D eigenvalue weighted by molar-refractivity contribution is 5.46. The first-order valence-corrected chi connectivity index (χ1v) is 6.34. The molecule has 0 saturated carbocycles. The maximum Gasteiger partial charge on any atom is 0.141 e. The first-order chi connectivity index (χ1) is 8.70. The van der Waals surface area contributed by atoms with Crippen LogP contribution in [0, 0.1) is 11.7 Å². The van der Waals surface area contributed by atoms with Crippen molar-refractivity contribution in [1.29, 1.82) is 0 Å². The van der Waals surface area contributed by atoms with Gasteiger partial charge in [0.1, 0.15) is 11.6 Å². The van der Waals surface area contributed by atoms with Crippen molar-refractivity contribution < 1.29 is 9.13 Å². The van der Waals surface area contributed by atoms with Crippen LogP contribution in [0.3, 0.4) is 0 Å².